The van der Waals surface area contributed by atoms with Crippen molar-refractivity contribution in [3.63, 3.8) is 0 Å². The first-order valence-corrected chi connectivity index (χ1v) is 13.7. The van der Waals surface area contributed by atoms with Crippen LogP contribution in [0, 0.1) is 20.8 Å². The van der Waals surface area contributed by atoms with Crippen LogP contribution in [0.15, 0.2) is 65.1 Å². The van der Waals surface area contributed by atoms with Crippen LogP contribution in [0.1, 0.15) is 34.6 Å². The molecule has 0 atom stereocenters. The normalized spacial score (nSPS) is 13.7. The summed E-state index contributed by atoms with van der Waals surface area (Å²) in [6.45, 7) is 11.2. The first kappa shape index (κ1) is 28.4. The lowest BCUT2D eigenvalue weighted by Crippen LogP contribution is -2.45. The molecule has 1 aromatic heterocycles. The Kier molecular flexibility index (Phi) is 10.2. The van der Waals surface area contributed by atoms with Crippen molar-refractivity contribution in [1.82, 2.24) is 14.7 Å². The third-order valence-corrected chi connectivity index (χ3v) is 7.04. The Labute approximate surface area is 231 Å². The highest BCUT2D eigenvalue weighted by molar-refractivity contribution is 5.93. The standard InChI is InChI=1S/C31H40N4O4/c1-24-9-7-10-25(2)30(24)32-31(37)34(16-8-15-33-17-19-38-20-18-33)23-29(36)35(21-27-11-5-4-6-12-27)22-28-14-13-26(3)39-28/h4-7,9-14H,8,15-23H2,1-3H3,(H,32,37). The van der Waals surface area contributed by atoms with E-state index in [1.807, 2.05) is 81.4 Å². The van der Waals surface area contributed by atoms with E-state index >= 15 is 0 Å². The van der Waals surface area contributed by atoms with E-state index in [1.54, 1.807) is 9.80 Å². The molecular formula is C31H40N4O4. The minimum Gasteiger partial charge on any atom is -0.464 e. The molecule has 3 aromatic rings. The van der Waals surface area contributed by atoms with Gasteiger partial charge in [0.15, 0.2) is 0 Å². The fraction of sp³-hybridized carbons (Fsp3) is 0.419. The topological polar surface area (TPSA) is 78.3 Å². The van der Waals surface area contributed by atoms with Crippen molar-refractivity contribution < 1.29 is 18.7 Å². The fourth-order valence-electron chi connectivity index (χ4n) is 4.82. The minimum absolute atomic E-state index is 0.0214. The van der Waals surface area contributed by atoms with E-state index in [0.29, 0.717) is 19.6 Å². The molecule has 8 nitrogen and oxygen atoms in total. The third-order valence-electron chi connectivity index (χ3n) is 7.04. The highest BCUT2D eigenvalue weighted by Gasteiger charge is 2.24. The highest BCUT2D eigenvalue weighted by atomic mass is 16.5. The van der Waals surface area contributed by atoms with Gasteiger partial charge in [-0.1, -0.05) is 48.5 Å². The summed E-state index contributed by atoms with van der Waals surface area (Å²) in [7, 11) is 0. The quantitative estimate of drug-likeness (QED) is 0.377. The number of nitrogens with zero attached hydrogens (tertiary/aromatic N) is 3. The molecule has 3 amide bonds. The summed E-state index contributed by atoms with van der Waals surface area (Å²) in [5.74, 6) is 1.39. The Bertz CT molecular complexity index is 1200. The first-order chi connectivity index (χ1) is 18.9. The molecule has 208 valence electrons. The second kappa shape index (κ2) is 14.0. The van der Waals surface area contributed by atoms with Crippen LogP contribution in [0.25, 0.3) is 0 Å². The van der Waals surface area contributed by atoms with Crippen LogP contribution in [0.3, 0.4) is 0 Å². The smallest absolute Gasteiger partial charge is 0.322 e. The van der Waals surface area contributed by atoms with Crippen molar-refractivity contribution in [2.45, 2.75) is 40.3 Å². The molecule has 0 bridgehead atoms. The molecule has 1 N–H and O–H groups in total. The average molecular weight is 533 g/mol. The maximum Gasteiger partial charge on any atom is 0.322 e. The summed E-state index contributed by atoms with van der Waals surface area (Å²) < 4.78 is 11.2. The van der Waals surface area contributed by atoms with Crippen molar-refractivity contribution in [3.8, 4) is 0 Å². The minimum atomic E-state index is -0.267. The number of rotatable bonds is 11. The lowest BCUT2D eigenvalue weighted by Gasteiger charge is -2.30. The third kappa shape index (κ3) is 8.43. The molecule has 1 fully saturated rings. The Morgan fingerprint density at radius 2 is 1.59 bits per heavy atom. The maximum absolute atomic E-state index is 13.8. The van der Waals surface area contributed by atoms with Crippen molar-refractivity contribution >= 4 is 17.6 Å². The lowest BCUT2D eigenvalue weighted by atomic mass is 10.1. The molecule has 1 saturated heterocycles. The van der Waals surface area contributed by atoms with E-state index in [-0.39, 0.29) is 18.5 Å². The molecule has 0 aliphatic carbocycles. The molecule has 39 heavy (non-hydrogen) atoms. The first-order valence-electron chi connectivity index (χ1n) is 13.7. The van der Waals surface area contributed by atoms with Gasteiger partial charge in [-0.25, -0.2) is 4.79 Å². The number of morpholine rings is 1. The maximum atomic E-state index is 13.8. The number of nitrogens with one attached hydrogen (secondary N) is 1. The van der Waals surface area contributed by atoms with E-state index in [9.17, 15) is 9.59 Å². The van der Waals surface area contributed by atoms with Crippen LogP contribution in [-0.4, -0.2) is 72.6 Å². The molecule has 1 aliphatic rings. The monoisotopic (exact) mass is 532 g/mol. The van der Waals surface area contributed by atoms with E-state index < -0.39 is 0 Å². The number of amides is 3. The van der Waals surface area contributed by atoms with E-state index in [4.69, 9.17) is 9.15 Å². The zero-order valence-corrected chi connectivity index (χ0v) is 23.3. The predicted octanol–water partition coefficient (Wildman–Crippen LogP) is 4.99. The number of hydrogen-bond donors (Lipinski definition) is 1. The molecule has 0 spiro atoms. The van der Waals surface area contributed by atoms with Gasteiger partial charge in [-0.2, -0.15) is 0 Å². The number of urea groups is 1. The number of hydrogen-bond acceptors (Lipinski definition) is 5. The van der Waals surface area contributed by atoms with Gasteiger partial charge in [0.1, 0.15) is 18.1 Å². The predicted molar refractivity (Wildman–Crippen MR) is 153 cm³/mol. The number of carbonyl (C=O) groups excluding carboxylic acids is 2. The number of benzene rings is 2. The zero-order chi connectivity index (χ0) is 27.6. The van der Waals surface area contributed by atoms with Crippen LogP contribution in [-0.2, 0) is 22.6 Å². The lowest BCUT2D eigenvalue weighted by molar-refractivity contribution is -0.133. The Hall–Kier alpha value is -3.62. The van der Waals surface area contributed by atoms with E-state index in [2.05, 4.69) is 10.2 Å². The summed E-state index contributed by atoms with van der Waals surface area (Å²) >= 11 is 0. The van der Waals surface area contributed by atoms with Crippen molar-refractivity contribution in [1.29, 1.82) is 0 Å². The SMILES string of the molecule is Cc1ccc(CN(Cc2ccccc2)C(=O)CN(CCCN2CCOCC2)C(=O)Nc2c(C)cccc2C)o1. The molecule has 2 aromatic carbocycles. The van der Waals surface area contributed by atoms with Crippen LogP contribution < -0.4 is 5.32 Å². The largest absolute Gasteiger partial charge is 0.464 e. The Morgan fingerprint density at radius 3 is 2.26 bits per heavy atom. The van der Waals surface area contributed by atoms with Gasteiger partial charge >= 0.3 is 6.03 Å². The number of furan rings is 1. The number of aryl methyl sites for hydroxylation is 3. The average Bonchev–Trinajstić information content (AvgIpc) is 3.35. The molecule has 0 unspecified atom stereocenters. The van der Waals surface area contributed by atoms with Gasteiger partial charge in [-0.3, -0.25) is 9.69 Å². The van der Waals surface area contributed by atoms with Gasteiger partial charge in [0.25, 0.3) is 0 Å². The van der Waals surface area contributed by atoms with Gasteiger partial charge in [0.2, 0.25) is 5.91 Å². The van der Waals surface area contributed by atoms with Crippen molar-refractivity contribution in [2.24, 2.45) is 0 Å². The van der Waals surface area contributed by atoms with Crippen molar-refractivity contribution in [2.75, 3.05) is 51.3 Å². The van der Waals surface area contributed by atoms with Gasteiger partial charge in [-0.15, -0.1) is 0 Å². The molecular weight excluding hydrogens is 492 g/mol. The van der Waals surface area contributed by atoms with Crippen LogP contribution in [0.2, 0.25) is 0 Å². The number of para-hydroxylation sites is 1. The fourth-order valence-corrected chi connectivity index (χ4v) is 4.82. The van der Waals surface area contributed by atoms with Gasteiger partial charge < -0.3 is 24.3 Å². The summed E-state index contributed by atoms with van der Waals surface area (Å²) in [6.07, 6.45) is 0.767. The molecule has 0 saturated carbocycles. The summed E-state index contributed by atoms with van der Waals surface area (Å²) in [5, 5.41) is 3.08. The summed E-state index contributed by atoms with van der Waals surface area (Å²) in [5.41, 5.74) is 3.79. The van der Waals surface area contributed by atoms with Crippen molar-refractivity contribution in [3.05, 3.63) is 88.9 Å². The summed E-state index contributed by atoms with van der Waals surface area (Å²) in [6, 6.07) is 19.3. The molecule has 4 rings (SSSR count). The van der Waals surface area contributed by atoms with Gasteiger partial charge in [0.05, 0.1) is 19.8 Å². The molecule has 2 heterocycles. The van der Waals surface area contributed by atoms with Crippen LogP contribution >= 0.6 is 0 Å². The van der Waals surface area contributed by atoms with Gasteiger partial charge in [0, 0.05) is 38.4 Å². The van der Waals surface area contributed by atoms with E-state index in [1.165, 1.54) is 0 Å². The number of ether oxygens (including phenoxy) is 1. The number of carbonyl (C=O) groups is 2. The van der Waals surface area contributed by atoms with Crippen LogP contribution in [0.4, 0.5) is 10.5 Å². The zero-order valence-electron chi connectivity index (χ0n) is 23.3. The second-order valence-corrected chi connectivity index (χ2v) is 10.2. The summed E-state index contributed by atoms with van der Waals surface area (Å²) in [4.78, 5) is 33.1. The van der Waals surface area contributed by atoms with Gasteiger partial charge in [-0.05, 0) is 56.0 Å². The Balaban J connectivity index is 1.49. The highest BCUT2D eigenvalue weighted by Crippen LogP contribution is 2.20. The second-order valence-electron chi connectivity index (χ2n) is 10.2. The van der Waals surface area contributed by atoms with Crippen LogP contribution in [0.5, 0.6) is 0 Å². The molecule has 8 heteroatoms. The molecule has 0 radical (unpaired) electrons. The number of anilines is 1. The Morgan fingerprint density at radius 1 is 0.872 bits per heavy atom. The molecule has 1 aliphatic heterocycles. The van der Waals surface area contributed by atoms with E-state index in [0.717, 1.165) is 73.2 Å².